The molecule has 6 heteroatoms. The third-order valence-corrected chi connectivity index (χ3v) is 11.6. The Bertz CT molecular complexity index is 802. The number of hydrogen-bond acceptors (Lipinski definition) is 4. The summed E-state index contributed by atoms with van der Waals surface area (Å²) in [6.07, 6.45) is 8.31. The Hall–Kier alpha value is -1.14. The summed E-state index contributed by atoms with van der Waals surface area (Å²) in [7, 11) is 0. The van der Waals surface area contributed by atoms with E-state index >= 15 is 0 Å². The second-order valence-corrected chi connectivity index (χ2v) is 13.6. The first-order valence-corrected chi connectivity index (χ1v) is 14.3. The Morgan fingerprint density at radius 2 is 1.74 bits per heavy atom. The monoisotopic (exact) mass is 490 g/mol. The lowest BCUT2D eigenvalue weighted by Gasteiger charge is -2.63. The summed E-state index contributed by atoms with van der Waals surface area (Å²) in [5.74, 6) is 2.43. The van der Waals surface area contributed by atoms with Crippen LogP contribution in [-0.4, -0.2) is 52.2 Å². The molecule has 0 spiro atoms. The number of hydrogen-bond donors (Lipinski definition) is 3. The molecule has 4 N–H and O–H groups in total. The number of nitrogens with two attached hydrogens (primary N) is 1. The van der Waals surface area contributed by atoms with Crippen LogP contribution in [0.1, 0.15) is 92.4 Å². The van der Waals surface area contributed by atoms with E-state index in [1.165, 1.54) is 25.7 Å². The summed E-state index contributed by atoms with van der Waals surface area (Å²) in [4.78, 5) is 26.0. The number of carboxylic acid groups (broad SMARTS) is 1. The SMILES string of the molecule is CC(C)[C@H](N)C(=O)N1CC[C@@]2(C)[C@H](C[C@H](O)[C@@H]3[C@@H]2CC[C@]2(C)[C@@H]([C@H](C)CCCC(=O)O)CC[C@@H]32)C1. The van der Waals surface area contributed by atoms with E-state index in [1.54, 1.807) is 0 Å². The Kier molecular flexibility index (Phi) is 7.66. The molecular weight excluding hydrogens is 440 g/mol. The highest BCUT2D eigenvalue weighted by Crippen LogP contribution is 2.67. The molecule has 3 saturated carbocycles. The van der Waals surface area contributed by atoms with Gasteiger partial charge in [0.2, 0.25) is 5.91 Å². The highest BCUT2D eigenvalue weighted by molar-refractivity contribution is 5.82. The minimum absolute atomic E-state index is 0.0744. The number of aliphatic carboxylic acids is 1. The Morgan fingerprint density at radius 1 is 1.06 bits per heavy atom. The van der Waals surface area contributed by atoms with E-state index in [-0.39, 0.29) is 35.2 Å². The van der Waals surface area contributed by atoms with Crippen LogP contribution in [0.25, 0.3) is 0 Å². The largest absolute Gasteiger partial charge is 0.481 e. The second-order valence-electron chi connectivity index (χ2n) is 13.6. The van der Waals surface area contributed by atoms with Gasteiger partial charge in [0.25, 0.3) is 0 Å². The molecular formula is C29H50N2O4. The maximum absolute atomic E-state index is 13.0. The number of amides is 1. The first kappa shape index (κ1) is 26.9. The van der Waals surface area contributed by atoms with Gasteiger partial charge in [-0.3, -0.25) is 9.59 Å². The maximum atomic E-state index is 13.0. The van der Waals surface area contributed by atoms with E-state index in [2.05, 4.69) is 20.8 Å². The van der Waals surface area contributed by atoms with Crippen molar-refractivity contribution in [1.82, 2.24) is 4.90 Å². The van der Waals surface area contributed by atoms with Crippen molar-refractivity contribution >= 4 is 11.9 Å². The summed E-state index contributed by atoms with van der Waals surface area (Å²) < 4.78 is 0. The van der Waals surface area contributed by atoms with Crippen molar-refractivity contribution < 1.29 is 19.8 Å². The number of nitrogens with zero attached hydrogens (tertiary/aromatic N) is 1. The molecule has 4 fully saturated rings. The van der Waals surface area contributed by atoms with Crippen molar-refractivity contribution in [2.45, 2.75) is 105 Å². The average Bonchev–Trinajstić information content (AvgIpc) is 3.15. The smallest absolute Gasteiger partial charge is 0.303 e. The number of carbonyl (C=O) groups excluding carboxylic acids is 1. The van der Waals surface area contributed by atoms with Gasteiger partial charge in [-0.2, -0.15) is 0 Å². The van der Waals surface area contributed by atoms with Crippen molar-refractivity contribution in [3.63, 3.8) is 0 Å². The fourth-order valence-corrected chi connectivity index (χ4v) is 9.37. The number of aliphatic hydroxyl groups is 1. The molecule has 3 aliphatic carbocycles. The van der Waals surface area contributed by atoms with Crippen LogP contribution >= 0.6 is 0 Å². The Labute approximate surface area is 212 Å². The van der Waals surface area contributed by atoms with Gasteiger partial charge in [0.05, 0.1) is 12.1 Å². The number of carbonyl (C=O) groups is 2. The first-order valence-electron chi connectivity index (χ1n) is 14.3. The summed E-state index contributed by atoms with van der Waals surface area (Å²) in [6, 6.07) is -0.441. The zero-order chi connectivity index (χ0) is 25.7. The van der Waals surface area contributed by atoms with Crippen LogP contribution in [0.2, 0.25) is 0 Å². The zero-order valence-electron chi connectivity index (χ0n) is 22.7. The van der Waals surface area contributed by atoms with Crippen LogP contribution in [0.5, 0.6) is 0 Å². The van der Waals surface area contributed by atoms with Crippen molar-refractivity contribution in [2.24, 2.45) is 58.0 Å². The van der Waals surface area contributed by atoms with Gasteiger partial charge in [0.15, 0.2) is 0 Å². The van der Waals surface area contributed by atoms with Crippen molar-refractivity contribution in [2.75, 3.05) is 13.1 Å². The van der Waals surface area contributed by atoms with Gasteiger partial charge in [0.1, 0.15) is 0 Å². The molecule has 0 aromatic heterocycles. The summed E-state index contributed by atoms with van der Waals surface area (Å²) in [5.41, 5.74) is 6.63. The first-order chi connectivity index (χ1) is 16.4. The van der Waals surface area contributed by atoms with Gasteiger partial charge < -0.3 is 20.8 Å². The fraction of sp³-hybridized carbons (Fsp3) is 0.931. The summed E-state index contributed by atoms with van der Waals surface area (Å²) >= 11 is 0. The molecule has 0 radical (unpaired) electrons. The lowest BCUT2D eigenvalue weighted by atomic mass is 9.44. The van der Waals surface area contributed by atoms with Gasteiger partial charge >= 0.3 is 5.97 Å². The van der Waals surface area contributed by atoms with E-state index in [0.717, 1.165) is 38.8 Å². The minimum Gasteiger partial charge on any atom is -0.481 e. The molecule has 0 bridgehead atoms. The number of carboxylic acids is 1. The molecule has 4 rings (SSSR count). The van der Waals surface area contributed by atoms with Crippen molar-refractivity contribution in [3.05, 3.63) is 0 Å². The molecule has 1 amide bonds. The molecule has 1 heterocycles. The molecule has 0 aromatic rings. The Morgan fingerprint density at radius 3 is 2.40 bits per heavy atom. The highest BCUT2D eigenvalue weighted by Gasteiger charge is 2.63. The summed E-state index contributed by atoms with van der Waals surface area (Å²) in [6.45, 7) is 12.8. The molecule has 0 unspecified atom stereocenters. The quantitative estimate of drug-likeness (QED) is 0.486. The van der Waals surface area contributed by atoms with Crippen molar-refractivity contribution in [3.8, 4) is 0 Å². The van der Waals surface area contributed by atoms with Gasteiger partial charge in [-0.15, -0.1) is 0 Å². The van der Waals surface area contributed by atoms with Crippen LogP contribution in [0.15, 0.2) is 0 Å². The van der Waals surface area contributed by atoms with Gasteiger partial charge in [-0.25, -0.2) is 0 Å². The molecule has 1 saturated heterocycles. The van der Waals surface area contributed by atoms with Crippen molar-refractivity contribution in [1.29, 1.82) is 0 Å². The predicted octanol–water partition coefficient (Wildman–Crippen LogP) is 4.54. The van der Waals surface area contributed by atoms with Crippen LogP contribution in [0.4, 0.5) is 0 Å². The van der Waals surface area contributed by atoms with Gasteiger partial charge in [-0.1, -0.05) is 34.6 Å². The van der Waals surface area contributed by atoms with E-state index < -0.39 is 12.0 Å². The molecule has 200 valence electrons. The highest BCUT2D eigenvalue weighted by atomic mass is 16.4. The molecule has 1 aliphatic heterocycles. The third-order valence-electron chi connectivity index (χ3n) is 11.6. The third kappa shape index (κ3) is 4.67. The van der Waals surface area contributed by atoms with Crippen LogP contribution < -0.4 is 5.73 Å². The Balaban J connectivity index is 1.48. The van der Waals surface area contributed by atoms with E-state index in [1.807, 2.05) is 18.7 Å². The van der Waals surface area contributed by atoms with E-state index in [9.17, 15) is 14.7 Å². The van der Waals surface area contributed by atoms with E-state index in [0.29, 0.717) is 35.5 Å². The zero-order valence-corrected chi connectivity index (χ0v) is 22.7. The summed E-state index contributed by atoms with van der Waals surface area (Å²) in [5, 5.41) is 20.6. The number of likely N-dealkylation sites (tertiary alicyclic amines) is 1. The molecule has 6 nitrogen and oxygen atoms in total. The predicted molar refractivity (Wildman–Crippen MR) is 137 cm³/mol. The fourth-order valence-electron chi connectivity index (χ4n) is 9.37. The van der Waals surface area contributed by atoms with Crippen LogP contribution in [-0.2, 0) is 9.59 Å². The van der Waals surface area contributed by atoms with E-state index in [4.69, 9.17) is 10.8 Å². The minimum atomic E-state index is -0.694. The maximum Gasteiger partial charge on any atom is 0.303 e. The topological polar surface area (TPSA) is 104 Å². The van der Waals surface area contributed by atoms with Gasteiger partial charge in [0, 0.05) is 19.5 Å². The molecule has 0 aromatic carbocycles. The number of aliphatic hydroxyl groups excluding tert-OH is 1. The van der Waals surface area contributed by atoms with Crippen LogP contribution in [0, 0.1) is 52.3 Å². The second kappa shape index (κ2) is 9.96. The molecule has 35 heavy (non-hydrogen) atoms. The lowest BCUT2D eigenvalue weighted by Crippen LogP contribution is -2.62. The number of piperidine rings is 1. The standard InChI is InChI=1S/C29H50N2O4/c1-17(2)26(30)27(35)31-14-13-28(4)19(16-31)15-23(32)25-21-10-9-20(18(3)7-6-8-24(33)34)29(21,5)12-11-22(25)28/h17-23,25-26,32H,6-16,30H2,1-5H3,(H,33,34)/t18-,19-,20-,21+,22+,23+,25+,26+,28+,29-/m1/s1. The average molecular weight is 491 g/mol. The van der Waals surface area contributed by atoms with Crippen LogP contribution in [0.3, 0.4) is 0 Å². The van der Waals surface area contributed by atoms with Gasteiger partial charge in [-0.05, 0) is 104 Å². The molecule has 4 aliphatic rings. The number of fused-ring (bicyclic) bond motifs is 5. The normalized spacial score (nSPS) is 42.7. The lowest BCUT2D eigenvalue weighted by molar-refractivity contribution is -0.176. The molecule has 10 atom stereocenters. The number of rotatable bonds is 7.